The maximum absolute atomic E-state index is 12.3. The Bertz CT molecular complexity index is 545. The van der Waals surface area contributed by atoms with Crippen molar-refractivity contribution in [3.63, 3.8) is 0 Å². The maximum Gasteiger partial charge on any atom is 0.282 e. The molecule has 0 saturated carbocycles. The Morgan fingerprint density at radius 2 is 2.26 bits per heavy atom. The number of nitro groups is 1. The fourth-order valence-corrected chi connectivity index (χ4v) is 2.30. The van der Waals surface area contributed by atoms with Gasteiger partial charge in [0.15, 0.2) is 0 Å². The quantitative estimate of drug-likeness (QED) is 0.663. The third-order valence-corrected chi connectivity index (χ3v) is 3.36. The van der Waals surface area contributed by atoms with Crippen molar-refractivity contribution >= 4 is 23.2 Å². The number of carbonyl (C=O) groups is 1. The van der Waals surface area contributed by atoms with Gasteiger partial charge in [-0.25, -0.2) is 0 Å². The normalized spacial score (nSPS) is 22.6. The number of carbonyl (C=O) groups excluding carboxylic acids is 1. The Kier molecular flexibility index (Phi) is 3.47. The van der Waals surface area contributed by atoms with Crippen LogP contribution in [0.2, 0.25) is 5.02 Å². The lowest BCUT2D eigenvalue weighted by Gasteiger charge is -2.19. The summed E-state index contributed by atoms with van der Waals surface area (Å²) < 4.78 is 0. The molecule has 1 aliphatic rings. The van der Waals surface area contributed by atoms with Gasteiger partial charge in [-0.05, 0) is 25.5 Å². The lowest BCUT2D eigenvalue weighted by Crippen LogP contribution is -2.34. The van der Waals surface area contributed by atoms with Crippen LogP contribution in [0, 0.1) is 10.1 Å². The van der Waals surface area contributed by atoms with E-state index in [1.165, 1.54) is 23.1 Å². The number of halogens is 1. The average Bonchev–Trinajstić information content (AvgIpc) is 2.68. The summed E-state index contributed by atoms with van der Waals surface area (Å²) in [5.74, 6) is -0.480. The Morgan fingerprint density at radius 1 is 1.58 bits per heavy atom. The first-order valence-corrected chi connectivity index (χ1v) is 6.13. The molecule has 1 heterocycles. The monoisotopic (exact) mass is 284 g/mol. The van der Waals surface area contributed by atoms with E-state index in [9.17, 15) is 20.0 Å². The molecule has 0 radical (unpaired) electrons. The molecule has 0 bridgehead atoms. The zero-order chi connectivity index (χ0) is 14.2. The third kappa shape index (κ3) is 2.85. The Balaban J connectivity index is 2.34. The molecule has 6 nitrogen and oxygen atoms in total. The highest BCUT2D eigenvalue weighted by Gasteiger charge is 2.36. The number of nitrogens with zero attached hydrogens (tertiary/aromatic N) is 2. The summed E-state index contributed by atoms with van der Waals surface area (Å²) in [4.78, 5) is 24.0. The van der Waals surface area contributed by atoms with E-state index in [-0.39, 0.29) is 22.8 Å². The predicted molar refractivity (Wildman–Crippen MR) is 69.3 cm³/mol. The molecular weight excluding hydrogens is 272 g/mol. The summed E-state index contributed by atoms with van der Waals surface area (Å²) in [6.45, 7) is 2.16. The molecule has 1 amide bonds. The number of aliphatic hydroxyl groups is 1. The fraction of sp³-hybridized carbons (Fsp3) is 0.417. The first-order chi connectivity index (χ1) is 8.80. The van der Waals surface area contributed by atoms with Crippen LogP contribution in [-0.4, -0.2) is 39.5 Å². The van der Waals surface area contributed by atoms with Gasteiger partial charge >= 0.3 is 0 Å². The van der Waals surface area contributed by atoms with Crippen LogP contribution in [-0.2, 0) is 0 Å². The van der Waals surface area contributed by atoms with E-state index in [4.69, 9.17) is 11.6 Å². The molecule has 1 aliphatic heterocycles. The SMILES string of the molecule is CC1(O)CCN(C(=O)c2cc(Cl)ccc2[N+](=O)[O-])C1. The van der Waals surface area contributed by atoms with Crippen LogP contribution in [0.1, 0.15) is 23.7 Å². The molecular formula is C12H13ClN2O4. The second-order valence-corrected chi connectivity index (χ2v) is 5.33. The highest BCUT2D eigenvalue weighted by molar-refractivity contribution is 6.31. The summed E-state index contributed by atoms with van der Waals surface area (Å²) in [6.07, 6.45) is 0.451. The van der Waals surface area contributed by atoms with Gasteiger partial charge in [0, 0.05) is 24.2 Å². The van der Waals surface area contributed by atoms with Gasteiger partial charge in [0.2, 0.25) is 0 Å². The number of amides is 1. The second kappa shape index (κ2) is 4.79. The molecule has 0 aromatic heterocycles. The molecule has 0 aliphatic carbocycles. The molecule has 102 valence electrons. The van der Waals surface area contributed by atoms with Gasteiger partial charge in [-0.2, -0.15) is 0 Å². The standard InChI is InChI=1S/C12H13ClN2O4/c1-12(17)4-5-14(7-12)11(16)9-6-8(13)2-3-10(9)15(18)19/h2-3,6,17H,4-5,7H2,1H3. The van der Waals surface area contributed by atoms with Crippen LogP contribution in [0.4, 0.5) is 5.69 Å². The first kappa shape index (κ1) is 13.8. The van der Waals surface area contributed by atoms with Crippen molar-refractivity contribution in [1.82, 2.24) is 4.90 Å². The fourth-order valence-electron chi connectivity index (χ4n) is 2.13. The molecule has 1 unspecified atom stereocenters. The van der Waals surface area contributed by atoms with Gasteiger partial charge in [-0.1, -0.05) is 11.6 Å². The molecule has 1 atom stereocenters. The smallest absolute Gasteiger partial charge is 0.282 e. The van der Waals surface area contributed by atoms with Crippen molar-refractivity contribution in [1.29, 1.82) is 0 Å². The largest absolute Gasteiger partial charge is 0.388 e. The molecule has 1 N–H and O–H groups in total. The predicted octanol–water partition coefficient (Wildman–Crippen LogP) is 1.85. The molecule has 0 spiro atoms. The average molecular weight is 285 g/mol. The zero-order valence-electron chi connectivity index (χ0n) is 10.3. The van der Waals surface area contributed by atoms with Gasteiger partial charge in [0.1, 0.15) is 5.56 Å². The number of hydrogen-bond acceptors (Lipinski definition) is 4. The summed E-state index contributed by atoms with van der Waals surface area (Å²) in [7, 11) is 0. The van der Waals surface area contributed by atoms with Crippen LogP contribution < -0.4 is 0 Å². The molecule has 1 aromatic carbocycles. The summed E-state index contributed by atoms with van der Waals surface area (Å²) in [5.41, 5.74) is -1.26. The molecule has 2 rings (SSSR count). The van der Waals surface area contributed by atoms with Crippen LogP contribution >= 0.6 is 11.6 Å². The van der Waals surface area contributed by atoms with Crippen LogP contribution in [0.25, 0.3) is 0 Å². The Morgan fingerprint density at radius 3 is 2.79 bits per heavy atom. The van der Waals surface area contributed by atoms with Gasteiger partial charge in [0.05, 0.1) is 10.5 Å². The molecule has 19 heavy (non-hydrogen) atoms. The van der Waals surface area contributed by atoms with E-state index in [0.717, 1.165) is 0 Å². The van der Waals surface area contributed by atoms with E-state index in [1.807, 2.05) is 0 Å². The van der Waals surface area contributed by atoms with Crippen LogP contribution in [0.15, 0.2) is 18.2 Å². The van der Waals surface area contributed by atoms with Crippen molar-refractivity contribution < 1.29 is 14.8 Å². The highest BCUT2D eigenvalue weighted by atomic mass is 35.5. The van der Waals surface area contributed by atoms with Crippen molar-refractivity contribution in [3.05, 3.63) is 38.9 Å². The van der Waals surface area contributed by atoms with Gasteiger partial charge in [-0.3, -0.25) is 14.9 Å². The van der Waals surface area contributed by atoms with Gasteiger partial charge in [0.25, 0.3) is 11.6 Å². The number of nitro benzene ring substituents is 1. The Labute approximate surface area is 114 Å². The van der Waals surface area contributed by atoms with Crippen molar-refractivity contribution in [3.8, 4) is 0 Å². The van der Waals surface area contributed by atoms with E-state index in [2.05, 4.69) is 0 Å². The first-order valence-electron chi connectivity index (χ1n) is 5.76. The highest BCUT2D eigenvalue weighted by Crippen LogP contribution is 2.27. The van der Waals surface area contributed by atoms with Crippen LogP contribution in [0.3, 0.4) is 0 Å². The van der Waals surface area contributed by atoms with E-state index >= 15 is 0 Å². The van der Waals surface area contributed by atoms with Crippen LogP contribution in [0.5, 0.6) is 0 Å². The number of benzene rings is 1. The third-order valence-electron chi connectivity index (χ3n) is 3.12. The van der Waals surface area contributed by atoms with E-state index in [0.29, 0.717) is 13.0 Å². The molecule has 1 aromatic rings. The van der Waals surface area contributed by atoms with Crippen molar-refractivity contribution in [2.24, 2.45) is 0 Å². The minimum Gasteiger partial charge on any atom is -0.388 e. The molecule has 7 heteroatoms. The number of rotatable bonds is 2. The zero-order valence-corrected chi connectivity index (χ0v) is 11.1. The topological polar surface area (TPSA) is 83.7 Å². The summed E-state index contributed by atoms with van der Waals surface area (Å²) in [6, 6.07) is 3.87. The lowest BCUT2D eigenvalue weighted by atomic mass is 10.1. The molecule has 1 saturated heterocycles. The summed E-state index contributed by atoms with van der Waals surface area (Å²) >= 11 is 5.79. The number of likely N-dealkylation sites (tertiary alicyclic amines) is 1. The van der Waals surface area contributed by atoms with E-state index in [1.54, 1.807) is 6.92 Å². The Hall–Kier alpha value is -1.66. The second-order valence-electron chi connectivity index (χ2n) is 4.89. The minimum absolute atomic E-state index is 0.0461. The minimum atomic E-state index is -0.941. The summed E-state index contributed by atoms with van der Waals surface area (Å²) in [5, 5.41) is 21.0. The number of hydrogen-bond donors (Lipinski definition) is 1. The van der Waals surface area contributed by atoms with Gasteiger partial charge in [-0.15, -0.1) is 0 Å². The van der Waals surface area contributed by atoms with Crippen molar-refractivity contribution in [2.75, 3.05) is 13.1 Å². The number of β-amino-alcohol motifs (C(OH)–C–C–N with tert-alkyl or cyclic N) is 1. The van der Waals surface area contributed by atoms with Crippen molar-refractivity contribution in [2.45, 2.75) is 18.9 Å². The maximum atomic E-state index is 12.3. The van der Waals surface area contributed by atoms with Gasteiger partial charge < -0.3 is 10.0 Å². The van der Waals surface area contributed by atoms with E-state index < -0.39 is 16.4 Å². The lowest BCUT2D eigenvalue weighted by molar-refractivity contribution is -0.385. The molecule has 1 fully saturated rings.